The van der Waals surface area contributed by atoms with Crippen molar-refractivity contribution in [3.63, 3.8) is 0 Å². The minimum absolute atomic E-state index is 0.531. The minimum atomic E-state index is 0.531. The molecule has 2 aromatic heterocycles. The summed E-state index contributed by atoms with van der Waals surface area (Å²) in [6.07, 6.45) is 1.74. The summed E-state index contributed by atoms with van der Waals surface area (Å²) in [7, 11) is 3.89. The Bertz CT molecular complexity index is 1170. The van der Waals surface area contributed by atoms with Gasteiger partial charge in [-0.1, -0.05) is 59.1 Å². The molecule has 0 aliphatic carbocycles. The first-order chi connectivity index (χ1) is 13.5. The number of hydrogen-bond donors (Lipinski definition) is 0. The van der Waals surface area contributed by atoms with Crippen LogP contribution in [0.5, 0.6) is 0 Å². The first kappa shape index (κ1) is 19.0. The Kier molecular flexibility index (Phi) is 5.15. The maximum Gasteiger partial charge on any atom is 0.129 e. The standard InChI is InChI=1S/C22H16Cl3N3/c1-28(2)19-12-15(13-6-3-4-7-16(13)23)14-10-11-26-22(21(14)27-19)20-17(24)8-5-9-18(20)25/h3-12H,1-2H3. The Hall–Kier alpha value is -2.33. The molecule has 0 saturated heterocycles. The quantitative estimate of drug-likeness (QED) is 0.352. The van der Waals surface area contributed by atoms with Crippen molar-refractivity contribution in [2.24, 2.45) is 0 Å². The Labute approximate surface area is 178 Å². The Morgan fingerprint density at radius 2 is 1.46 bits per heavy atom. The summed E-state index contributed by atoms with van der Waals surface area (Å²) in [6, 6.07) is 17.1. The van der Waals surface area contributed by atoms with Crippen molar-refractivity contribution in [1.82, 2.24) is 9.97 Å². The van der Waals surface area contributed by atoms with Crippen LogP contribution in [0.15, 0.2) is 60.8 Å². The molecule has 0 aliphatic heterocycles. The highest BCUT2D eigenvalue weighted by Crippen LogP contribution is 2.41. The number of anilines is 1. The summed E-state index contributed by atoms with van der Waals surface area (Å²) < 4.78 is 0. The highest BCUT2D eigenvalue weighted by Gasteiger charge is 2.18. The molecule has 2 aromatic carbocycles. The zero-order valence-electron chi connectivity index (χ0n) is 15.2. The summed E-state index contributed by atoms with van der Waals surface area (Å²) in [4.78, 5) is 11.4. The second-order valence-electron chi connectivity index (χ2n) is 6.55. The van der Waals surface area contributed by atoms with Crippen LogP contribution >= 0.6 is 34.8 Å². The van der Waals surface area contributed by atoms with Crippen molar-refractivity contribution >= 4 is 51.5 Å². The number of benzene rings is 2. The Balaban J connectivity index is 2.12. The van der Waals surface area contributed by atoms with E-state index in [0.717, 1.165) is 27.8 Å². The third kappa shape index (κ3) is 3.30. The van der Waals surface area contributed by atoms with Crippen LogP contribution in [0, 0.1) is 0 Å². The van der Waals surface area contributed by atoms with Gasteiger partial charge in [-0.05, 0) is 35.9 Å². The molecule has 0 fully saturated rings. The normalized spacial score (nSPS) is 11.0. The Morgan fingerprint density at radius 1 is 0.786 bits per heavy atom. The van der Waals surface area contributed by atoms with Crippen molar-refractivity contribution in [1.29, 1.82) is 0 Å². The molecule has 140 valence electrons. The number of hydrogen-bond acceptors (Lipinski definition) is 3. The molecule has 0 unspecified atom stereocenters. The molecule has 0 amide bonds. The van der Waals surface area contributed by atoms with Gasteiger partial charge in [-0.2, -0.15) is 0 Å². The first-order valence-corrected chi connectivity index (χ1v) is 9.77. The van der Waals surface area contributed by atoms with E-state index in [4.69, 9.17) is 39.8 Å². The molecular weight excluding hydrogens is 413 g/mol. The zero-order valence-corrected chi connectivity index (χ0v) is 17.5. The number of halogens is 3. The van der Waals surface area contributed by atoms with Crippen molar-refractivity contribution < 1.29 is 0 Å². The summed E-state index contributed by atoms with van der Waals surface area (Å²) in [5.41, 5.74) is 3.95. The van der Waals surface area contributed by atoms with Crippen molar-refractivity contribution in [2.45, 2.75) is 0 Å². The fraction of sp³-hybridized carbons (Fsp3) is 0.0909. The average molecular weight is 429 g/mol. The molecule has 0 atom stereocenters. The first-order valence-electron chi connectivity index (χ1n) is 8.63. The second-order valence-corrected chi connectivity index (χ2v) is 7.78. The molecule has 0 spiro atoms. The lowest BCUT2D eigenvalue weighted by molar-refractivity contribution is 1.08. The van der Waals surface area contributed by atoms with Crippen LogP contribution in [0.2, 0.25) is 15.1 Å². The molecule has 0 aliphatic rings. The maximum atomic E-state index is 6.51. The van der Waals surface area contributed by atoms with Crippen LogP contribution in [0.25, 0.3) is 33.3 Å². The highest BCUT2D eigenvalue weighted by molar-refractivity contribution is 6.39. The van der Waals surface area contributed by atoms with E-state index in [1.807, 2.05) is 61.5 Å². The summed E-state index contributed by atoms with van der Waals surface area (Å²) in [6.45, 7) is 0. The van der Waals surface area contributed by atoms with E-state index < -0.39 is 0 Å². The van der Waals surface area contributed by atoms with Gasteiger partial charge in [0.15, 0.2) is 0 Å². The predicted molar refractivity (Wildman–Crippen MR) is 120 cm³/mol. The molecule has 0 radical (unpaired) electrons. The van der Waals surface area contributed by atoms with E-state index in [9.17, 15) is 0 Å². The van der Waals surface area contributed by atoms with Crippen LogP contribution in [0.3, 0.4) is 0 Å². The lowest BCUT2D eigenvalue weighted by Crippen LogP contribution is -2.11. The van der Waals surface area contributed by atoms with E-state index in [2.05, 4.69) is 4.98 Å². The molecule has 28 heavy (non-hydrogen) atoms. The maximum absolute atomic E-state index is 6.51. The number of aromatic nitrogens is 2. The SMILES string of the molecule is CN(C)c1cc(-c2ccccc2Cl)c2ccnc(-c3c(Cl)cccc3Cl)c2n1. The van der Waals surface area contributed by atoms with Crippen molar-refractivity contribution in [3.05, 3.63) is 75.9 Å². The fourth-order valence-corrected chi connectivity index (χ4v) is 3.99. The zero-order chi connectivity index (χ0) is 19.8. The highest BCUT2D eigenvalue weighted by atomic mass is 35.5. The van der Waals surface area contributed by atoms with Crippen molar-refractivity contribution in [2.75, 3.05) is 19.0 Å². The van der Waals surface area contributed by atoms with Gasteiger partial charge in [0, 0.05) is 41.8 Å². The van der Waals surface area contributed by atoms with Gasteiger partial charge in [-0.3, -0.25) is 4.98 Å². The minimum Gasteiger partial charge on any atom is -0.363 e. The Morgan fingerprint density at radius 3 is 2.14 bits per heavy atom. The summed E-state index contributed by atoms with van der Waals surface area (Å²) in [5.74, 6) is 0.792. The number of fused-ring (bicyclic) bond motifs is 1. The molecule has 4 rings (SSSR count). The van der Waals surface area contributed by atoms with Gasteiger partial charge in [-0.15, -0.1) is 0 Å². The molecular formula is C22H16Cl3N3. The predicted octanol–water partition coefficient (Wildman–Crippen LogP) is 6.99. The van der Waals surface area contributed by atoms with Crippen LogP contribution < -0.4 is 4.90 Å². The van der Waals surface area contributed by atoms with E-state index in [-0.39, 0.29) is 0 Å². The average Bonchev–Trinajstić information content (AvgIpc) is 2.67. The van der Waals surface area contributed by atoms with Gasteiger partial charge < -0.3 is 4.90 Å². The van der Waals surface area contributed by atoms with Gasteiger partial charge in [0.1, 0.15) is 5.82 Å². The van der Waals surface area contributed by atoms with Crippen LogP contribution in [0.4, 0.5) is 5.82 Å². The topological polar surface area (TPSA) is 29.0 Å². The van der Waals surface area contributed by atoms with Crippen molar-refractivity contribution in [3.8, 4) is 22.4 Å². The molecule has 4 aromatic rings. The third-order valence-electron chi connectivity index (χ3n) is 4.54. The number of pyridine rings is 2. The van der Waals surface area contributed by atoms with Gasteiger partial charge in [0.05, 0.1) is 21.3 Å². The molecule has 0 saturated carbocycles. The van der Waals surface area contributed by atoms with E-state index in [1.54, 1.807) is 18.3 Å². The van der Waals surface area contributed by atoms with Crippen LogP contribution in [-0.2, 0) is 0 Å². The van der Waals surface area contributed by atoms with Gasteiger partial charge in [0.2, 0.25) is 0 Å². The van der Waals surface area contributed by atoms with Gasteiger partial charge in [-0.25, -0.2) is 4.98 Å². The summed E-state index contributed by atoms with van der Waals surface area (Å²) >= 11 is 19.4. The molecule has 3 nitrogen and oxygen atoms in total. The smallest absolute Gasteiger partial charge is 0.129 e. The van der Waals surface area contributed by atoms with E-state index in [1.165, 1.54) is 0 Å². The van der Waals surface area contributed by atoms with Crippen LogP contribution in [-0.4, -0.2) is 24.1 Å². The van der Waals surface area contributed by atoms with Gasteiger partial charge in [0.25, 0.3) is 0 Å². The molecule has 2 heterocycles. The largest absolute Gasteiger partial charge is 0.363 e. The van der Waals surface area contributed by atoms with E-state index in [0.29, 0.717) is 26.3 Å². The third-order valence-corrected chi connectivity index (χ3v) is 5.50. The lowest BCUT2D eigenvalue weighted by atomic mass is 9.99. The number of rotatable bonds is 3. The molecule has 0 bridgehead atoms. The number of nitrogens with zero attached hydrogens (tertiary/aromatic N) is 3. The molecule has 6 heteroatoms. The summed E-state index contributed by atoms with van der Waals surface area (Å²) in [5, 5.41) is 2.67. The fourth-order valence-electron chi connectivity index (χ4n) is 3.18. The monoisotopic (exact) mass is 427 g/mol. The van der Waals surface area contributed by atoms with Gasteiger partial charge >= 0.3 is 0 Å². The van der Waals surface area contributed by atoms with E-state index >= 15 is 0 Å². The molecule has 0 N–H and O–H groups in total. The second kappa shape index (κ2) is 7.59. The van der Waals surface area contributed by atoms with Crippen LogP contribution in [0.1, 0.15) is 0 Å². The lowest BCUT2D eigenvalue weighted by Gasteiger charge is -2.18.